The number of phenols is 1. The van der Waals surface area contributed by atoms with Gasteiger partial charge in [-0.05, 0) is 24.1 Å². The molecule has 3 nitrogen and oxygen atoms in total. The molecule has 0 radical (unpaired) electrons. The number of hydrogen-bond donors (Lipinski definition) is 3. The molecule has 74 valence electrons. The highest BCUT2D eigenvalue weighted by molar-refractivity contribution is 5.85. The number of aromatic hydroxyl groups is 1. The van der Waals surface area contributed by atoms with Crippen molar-refractivity contribution in [1.82, 2.24) is 0 Å². The number of nitrogens with two attached hydrogens (primary N) is 2. The molecular weight excluding hydrogens is 188 g/mol. The van der Waals surface area contributed by atoms with E-state index in [2.05, 4.69) is 0 Å². The van der Waals surface area contributed by atoms with Crippen LogP contribution in [0, 0.1) is 6.92 Å². The molecule has 1 aromatic rings. The summed E-state index contributed by atoms with van der Waals surface area (Å²) in [5.41, 5.74) is 12.9. The van der Waals surface area contributed by atoms with E-state index in [1.165, 1.54) is 0 Å². The largest absolute Gasteiger partial charge is 0.508 e. The normalized spacial score (nSPS) is 11.9. The number of aryl methyl sites for hydroxylation is 1. The van der Waals surface area contributed by atoms with Gasteiger partial charge in [0.05, 0.1) is 0 Å². The lowest BCUT2D eigenvalue weighted by Crippen LogP contribution is -2.20. The van der Waals surface area contributed by atoms with Gasteiger partial charge in [-0.3, -0.25) is 0 Å². The van der Waals surface area contributed by atoms with Crippen molar-refractivity contribution in [3.8, 4) is 5.75 Å². The lowest BCUT2D eigenvalue weighted by molar-refractivity contribution is 0.470. The molecule has 0 amide bonds. The molecular formula is C9H15ClN2O. The molecule has 1 atom stereocenters. The summed E-state index contributed by atoms with van der Waals surface area (Å²) in [5.74, 6) is 0.294. The summed E-state index contributed by atoms with van der Waals surface area (Å²) < 4.78 is 0. The summed E-state index contributed by atoms with van der Waals surface area (Å²) in [6.45, 7) is 2.26. The Kier molecular flexibility index (Phi) is 4.77. The first-order chi connectivity index (χ1) is 5.65. The number of rotatable bonds is 2. The first kappa shape index (κ1) is 12.2. The monoisotopic (exact) mass is 202 g/mol. The molecule has 0 aromatic heterocycles. The molecule has 0 aliphatic carbocycles. The molecule has 13 heavy (non-hydrogen) atoms. The minimum Gasteiger partial charge on any atom is -0.508 e. The fraction of sp³-hybridized carbons (Fsp3) is 0.333. The lowest BCUT2D eigenvalue weighted by atomic mass is 10.0. The van der Waals surface area contributed by atoms with Crippen LogP contribution in [0.15, 0.2) is 18.2 Å². The minimum absolute atomic E-state index is 0. The molecule has 0 fully saturated rings. The topological polar surface area (TPSA) is 72.3 Å². The Hall–Kier alpha value is -0.770. The number of phenolic OH excluding ortho intramolecular Hbond substituents is 1. The third-order valence-corrected chi connectivity index (χ3v) is 1.90. The Morgan fingerprint density at radius 3 is 2.54 bits per heavy atom. The zero-order valence-corrected chi connectivity index (χ0v) is 8.34. The number of hydrogen-bond acceptors (Lipinski definition) is 3. The van der Waals surface area contributed by atoms with Gasteiger partial charge in [0.2, 0.25) is 0 Å². The van der Waals surface area contributed by atoms with E-state index in [1.807, 2.05) is 13.0 Å². The first-order valence-corrected chi connectivity index (χ1v) is 3.90. The van der Waals surface area contributed by atoms with Crippen molar-refractivity contribution in [1.29, 1.82) is 0 Å². The van der Waals surface area contributed by atoms with Crippen molar-refractivity contribution >= 4 is 12.4 Å². The average molecular weight is 203 g/mol. The predicted molar refractivity (Wildman–Crippen MR) is 56.1 cm³/mol. The van der Waals surface area contributed by atoms with Crippen LogP contribution in [0.1, 0.15) is 17.2 Å². The fourth-order valence-electron chi connectivity index (χ4n) is 1.05. The highest BCUT2D eigenvalue weighted by atomic mass is 35.5. The molecule has 0 unspecified atom stereocenters. The van der Waals surface area contributed by atoms with E-state index in [9.17, 15) is 5.11 Å². The van der Waals surface area contributed by atoms with E-state index in [4.69, 9.17) is 11.5 Å². The maximum atomic E-state index is 9.23. The van der Waals surface area contributed by atoms with Gasteiger partial charge in [0.1, 0.15) is 5.75 Å². The van der Waals surface area contributed by atoms with Crippen molar-refractivity contribution in [3.05, 3.63) is 29.3 Å². The van der Waals surface area contributed by atoms with Crippen LogP contribution in [0.2, 0.25) is 0 Å². The van der Waals surface area contributed by atoms with E-state index in [-0.39, 0.29) is 18.4 Å². The Morgan fingerprint density at radius 1 is 1.46 bits per heavy atom. The van der Waals surface area contributed by atoms with Crippen molar-refractivity contribution in [3.63, 3.8) is 0 Å². The van der Waals surface area contributed by atoms with Crippen LogP contribution in [0.25, 0.3) is 0 Å². The summed E-state index contributed by atoms with van der Waals surface area (Å²) >= 11 is 0. The summed E-state index contributed by atoms with van der Waals surface area (Å²) in [5, 5.41) is 9.23. The van der Waals surface area contributed by atoms with Gasteiger partial charge in [0.15, 0.2) is 0 Å². The van der Waals surface area contributed by atoms with Crippen LogP contribution in [0.3, 0.4) is 0 Å². The van der Waals surface area contributed by atoms with Crippen LogP contribution >= 0.6 is 12.4 Å². The molecule has 0 aliphatic rings. The first-order valence-electron chi connectivity index (χ1n) is 3.90. The van der Waals surface area contributed by atoms with Gasteiger partial charge in [0.25, 0.3) is 0 Å². The zero-order chi connectivity index (χ0) is 9.14. The highest BCUT2D eigenvalue weighted by Crippen LogP contribution is 2.19. The highest BCUT2D eigenvalue weighted by Gasteiger charge is 2.04. The molecule has 5 N–H and O–H groups in total. The maximum Gasteiger partial charge on any atom is 0.118 e. The van der Waals surface area contributed by atoms with Gasteiger partial charge >= 0.3 is 0 Å². The van der Waals surface area contributed by atoms with E-state index in [0.29, 0.717) is 12.3 Å². The summed E-state index contributed by atoms with van der Waals surface area (Å²) in [4.78, 5) is 0. The Morgan fingerprint density at radius 2 is 2.08 bits per heavy atom. The van der Waals surface area contributed by atoms with E-state index in [0.717, 1.165) is 11.1 Å². The molecule has 0 spiro atoms. The Balaban J connectivity index is 0.00000144. The van der Waals surface area contributed by atoms with Gasteiger partial charge in [-0.2, -0.15) is 0 Å². The Labute approximate surface area is 84.2 Å². The fourth-order valence-corrected chi connectivity index (χ4v) is 1.05. The third kappa shape index (κ3) is 2.88. The van der Waals surface area contributed by atoms with Crippen molar-refractivity contribution in [2.75, 3.05) is 6.54 Å². The van der Waals surface area contributed by atoms with Crippen LogP contribution in [-0.4, -0.2) is 11.7 Å². The average Bonchev–Trinajstić information content (AvgIpc) is 2.08. The molecule has 0 heterocycles. The van der Waals surface area contributed by atoms with Gasteiger partial charge in [-0.15, -0.1) is 12.4 Å². The van der Waals surface area contributed by atoms with Crippen LogP contribution in [0.5, 0.6) is 5.75 Å². The van der Waals surface area contributed by atoms with E-state index >= 15 is 0 Å². The molecule has 1 aromatic carbocycles. The summed E-state index contributed by atoms with van der Waals surface area (Å²) in [6, 6.07) is 5.15. The van der Waals surface area contributed by atoms with Crippen LogP contribution in [0.4, 0.5) is 0 Å². The number of halogens is 1. The molecule has 1 rings (SSSR count). The van der Waals surface area contributed by atoms with Crippen LogP contribution in [-0.2, 0) is 0 Å². The molecule has 0 bridgehead atoms. The third-order valence-electron chi connectivity index (χ3n) is 1.90. The molecule has 0 saturated heterocycles. The van der Waals surface area contributed by atoms with Gasteiger partial charge in [-0.25, -0.2) is 0 Å². The summed E-state index contributed by atoms with van der Waals surface area (Å²) in [7, 11) is 0. The maximum absolute atomic E-state index is 9.23. The van der Waals surface area contributed by atoms with Crippen molar-refractivity contribution < 1.29 is 5.11 Å². The standard InChI is InChI=1S/C9H14N2O.ClH/c1-6-4-7(8(11)5-10)2-3-9(6)12;/h2-4,8,12H,5,10-11H2,1H3;1H/t8-;/m1./s1. The van der Waals surface area contributed by atoms with Crippen molar-refractivity contribution in [2.45, 2.75) is 13.0 Å². The van der Waals surface area contributed by atoms with Gasteiger partial charge in [-0.1, -0.05) is 12.1 Å². The Bertz CT molecular complexity index is 278. The number of benzene rings is 1. The second-order valence-corrected chi connectivity index (χ2v) is 2.89. The van der Waals surface area contributed by atoms with Gasteiger partial charge in [0, 0.05) is 12.6 Å². The van der Waals surface area contributed by atoms with Gasteiger partial charge < -0.3 is 16.6 Å². The smallest absolute Gasteiger partial charge is 0.118 e. The molecule has 4 heteroatoms. The van der Waals surface area contributed by atoms with Crippen molar-refractivity contribution in [2.24, 2.45) is 11.5 Å². The molecule has 0 saturated carbocycles. The van der Waals surface area contributed by atoms with E-state index in [1.54, 1.807) is 12.1 Å². The summed E-state index contributed by atoms with van der Waals surface area (Å²) in [6.07, 6.45) is 0. The quantitative estimate of drug-likeness (QED) is 0.672. The minimum atomic E-state index is -0.135. The zero-order valence-electron chi connectivity index (χ0n) is 7.53. The lowest BCUT2D eigenvalue weighted by Gasteiger charge is -2.10. The SMILES string of the molecule is Cc1cc([C@H](N)CN)ccc1O.Cl. The van der Waals surface area contributed by atoms with Crippen LogP contribution < -0.4 is 11.5 Å². The second kappa shape index (κ2) is 5.07. The molecule has 0 aliphatic heterocycles. The second-order valence-electron chi connectivity index (χ2n) is 2.89. The predicted octanol–water partition coefficient (Wildman–Crippen LogP) is 1.08. The van der Waals surface area contributed by atoms with E-state index < -0.39 is 0 Å².